The largest absolute Gasteiger partial charge is 0.481 e. The van der Waals surface area contributed by atoms with E-state index in [2.05, 4.69) is 9.97 Å². The quantitative estimate of drug-likeness (QED) is 0.855. The van der Waals surface area contributed by atoms with E-state index in [0.29, 0.717) is 18.7 Å². The van der Waals surface area contributed by atoms with Crippen LogP contribution in [0.5, 0.6) is 5.88 Å². The fourth-order valence-electron chi connectivity index (χ4n) is 1.80. The van der Waals surface area contributed by atoms with Crippen LogP contribution in [0.2, 0.25) is 0 Å². The summed E-state index contributed by atoms with van der Waals surface area (Å²) in [5, 5.41) is 10.0. The predicted molar refractivity (Wildman–Crippen MR) is 67.4 cm³/mol. The molecular formula is C13H17N3O2. The molecular weight excluding hydrogens is 230 g/mol. The molecule has 0 aromatic carbocycles. The third-order valence-electron chi connectivity index (χ3n) is 2.82. The molecule has 0 saturated heterocycles. The minimum atomic E-state index is -0.457. The lowest BCUT2D eigenvalue weighted by molar-refractivity contribution is 0.172. The number of aryl methyl sites for hydroxylation is 1. The number of nitrogens with zero attached hydrogens (tertiary/aromatic N) is 3. The molecule has 1 atom stereocenters. The van der Waals surface area contributed by atoms with Crippen LogP contribution in [0.15, 0.2) is 30.7 Å². The zero-order valence-electron chi connectivity index (χ0n) is 10.6. The van der Waals surface area contributed by atoms with Crippen molar-refractivity contribution in [1.29, 1.82) is 0 Å². The van der Waals surface area contributed by atoms with Crippen molar-refractivity contribution in [3.8, 4) is 5.88 Å². The number of methoxy groups -OCH3 is 1. The predicted octanol–water partition coefficient (Wildman–Crippen LogP) is 0.970. The SMILES string of the molecule is COc1ccc(CC(O)Cc2nccn2C)cn1. The number of hydrogen-bond acceptors (Lipinski definition) is 4. The standard InChI is InChI=1S/C13H17N3O2/c1-16-6-5-14-12(16)8-11(17)7-10-3-4-13(18-2)15-9-10/h3-6,9,11,17H,7-8H2,1-2H3. The first-order valence-corrected chi connectivity index (χ1v) is 5.82. The van der Waals surface area contributed by atoms with Gasteiger partial charge in [-0.05, 0) is 5.56 Å². The maximum Gasteiger partial charge on any atom is 0.212 e. The number of aliphatic hydroxyl groups excluding tert-OH is 1. The second-order valence-electron chi connectivity index (χ2n) is 4.23. The van der Waals surface area contributed by atoms with Crippen molar-refractivity contribution in [2.75, 3.05) is 7.11 Å². The minimum Gasteiger partial charge on any atom is -0.481 e. The number of imidazole rings is 1. The summed E-state index contributed by atoms with van der Waals surface area (Å²) in [6, 6.07) is 3.70. The highest BCUT2D eigenvalue weighted by Crippen LogP contribution is 2.10. The molecule has 1 unspecified atom stereocenters. The van der Waals surface area contributed by atoms with Crippen molar-refractivity contribution >= 4 is 0 Å². The average Bonchev–Trinajstić information content (AvgIpc) is 2.76. The van der Waals surface area contributed by atoms with Crippen LogP contribution in [-0.2, 0) is 19.9 Å². The molecule has 5 nitrogen and oxygen atoms in total. The van der Waals surface area contributed by atoms with Gasteiger partial charge in [-0.2, -0.15) is 0 Å². The van der Waals surface area contributed by atoms with E-state index in [4.69, 9.17) is 4.74 Å². The molecule has 2 heterocycles. The van der Waals surface area contributed by atoms with Crippen LogP contribution in [0.25, 0.3) is 0 Å². The summed E-state index contributed by atoms with van der Waals surface area (Å²) in [6.45, 7) is 0. The molecule has 96 valence electrons. The van der Waals surface area contributed by atoms with Gasteiger partial charge in [-0.3, -0.25) is 0 Å². The van der Waals surface area contributed by atoms with Crippen molar-refractivity contribution in [2.24, 2.45) is 7.05 Å². The molecule has 2 rings (SSSR count). The van der Waals surface area contributed by atoms with Gasteiger partial charge in [-0.1, -0.05) is 6.07 Å². The fraction of sp³-hybridized carbons (Fsp3) is 0.385. The average molecular weight is 247 g/mol. The number of hydrogen-bond donors (Lipinski definition) is 1. The van der Waals surface area contributed by atoms with Crippen molar-refractivity contribution in [2.45, 2.75) is 18.9 Å². The molecule has 0 aliphatic heterocycles. The number of pyridine rings is 1. The molecule has 0 fully saturated rings. The molecule has 0 aliphatic carbocycles. The van der Waals surface area contributed by atoms with E-state index in [-0.39, 0.29) is 0 Å². The molecule has 0 bridgehead atoms. The smallest absolute Gasteiger partial charge is 0.212 e. The molecule has 18 heavy (non-hydrogen) atoms. The van der Waals surface area contributed by atoms with Crippen LogP contribution in [0.3, 0.4) is 0 Å². The van der Waals surface area contributed by atoms with Gasteiger partial charge < -0.3 is 14.4 Å². The van der Waals surface area contributed by atoms with Crippen molar-refractivity contribution in [1.82, 2.24) is 14.5 Å². The third kappa shape index (κ3) is 3.07. The van der Waals surface area contributed by atoms with Gasteiger partial charge in [0.05, 0.1) is 13.2 Å². The van der Waals surface area contributed by atoms with Crippen LogP contribution in [-0.4, -0.2) is 32.9 Å². The number of rotatable bonds is 5. The highest BCUT2D eigenvalue weighted by molar-refractivity contribution is 5.18. The summed E-state index contributed by atoms with van der Waals surface area (Å²) in [6.07, 6.45) is 5.97. The summed E-state index contributed by atoms with van der Waals surface area (Å²) in [5.74, 6) is 1.46. The molecule has 0 aliphatic rings. The van der Waals surface area contributed by atoms with Gasteiger partial charge in [0.1, 0.15) is 5.82 Å². The second-order valence-corrected chi connectivity index (χ2v) is 4.23. The lowest BCUT2D eigenvalue weighted by Crippen LogP contribution is -2.16. The Bertz CT molecular complexity index is 493. The maximum atomic E-state index is 10.0. The van der Waals surface area contributed by atoms with Gasteiger partial charge in [0, 0.05) is 44.5 Å². The lowest BCUT2D eigenvalue weighted by Gasteiger charge is -2.10. The van der Waals surface area contributed by atoms with Crippen molar-refractivity contribution in [3.63, 3.8) is 0 Å². The Kier molecular flexibility index (Phi) is 3.94. The lowest BCUT2D eigenvalue weighted by atomic mass is 10.1. The van der Waals surface area contributed by atoms with Gasteiger partial charge in [-0.15, -0.1) is 0 Å². The number of ether oxygens (including phenoxy) is 1. The summed E-state index contributed by atoms with van der Waals surface area (Å²) >= 11 is 0. The molecule has 0 amide bonds. The van der Waals surface area contributed by atoms with Crippen LogP contribution in [0, 0.1) is 0 Å². The first-order valence-electron chi connectivity index (χ1n) is 5.82. The zero-order valence-corrected chi connectivity index (χ0v) is 10.6. The first kappa shape index (κ1) is 12.6. The Balaban J connectivity index is 1.94. The van der Waals surface area contributed by atoms with E-state index in [1.54, 1.807) is 25.6 Å². The van der Waals surface area contributed by atoms with Crippen molar-refractivity contribution in [3.05, 3.63) is 42.1 Å². The van der Waals surface area contributed by atoms with Gasteiger partial charge in [0.15, 0.2) is 0 Å². The zero-order chi connectivity index (χ0) is 13.0. The number of aromatic nitrogens is 3. The molecule has 2 aromatic rings. The highest BCUT2D eigenvalue weighted by atomic mass is 16.5. The van der Waals surface area contributed by atoms with Crippen molar-refractivity contribution < 1.29 is 9.84 Å². The monoisotopic (exact) mass is 247 g/mol. The Morgan fingerprint density at radius 3 is 2.72 bits per heavy atom. The molecule has 5 heteroatoms. The van der Waals surface area contributed by atoms with Gasteiger partial charge in [0.2, 0.25) is 5.88 Å². The normalized spacial score (nSPS) is 12.4. The van der Waals surface area contributed by atoms with Crippen LogP contribution in [0.4, 0.5) is 0 Å². The molecule has 0 radical (unpaired) electrons. The van der Waals surface area contributed by atoms with E-state index in [1.807, 2.05) is 23.9 Å². The molecule has 0 spiro atoms. The van der Waals surface area contributed by atoms with Gasteiger partial charge in [-0.25, -0.2) is 9.97 Å². The Morgan fingerprint density at radius 1 is 1.33 bits per heavy atom. The Hall–Kier alpha value is -1.88. The second kappa shape index (κ2) is 5.64. The van der Waals surface area contributed by atoms with Crippen LogP contribution in [0.1, 0.15) is 11.4 Å². The topological polar surface area (TPSA) is 60.2 Å². The minimum absolute atomic E-state index is 0.457. The highest BCUT2D eigenvalue weighted by Gasteiger charge is 2.10. The van der Waals surface area contributed by atoms with Crippen LogP contribution < -0.4 is 4.74 Å². The molecule has 0 saturated carbocycles. The first-order chi connectivity index (χ1) is 8.69. The maximum absolute atomic E-state index is 10.0. The van der Waals surface area contributed by atoms with Gasteiger partial charge in [0.25, 0.3) is 0 Å². The molecule has 1 N–H and O–H groups in total. The summed E-state index contributed by atoms with van der Waals surface area (Å²) in [7, 11) is 3.50. The van der Waals surface area contributed by atoms with Gasteiger partial charge >= 0.3 is 0 Å². The van der Waals surface area contributed by atoms with E-state index < -0.39 is 6.10 Å². The van der Waals surface area contributed by atoms with E-state index >= 15 is 0 Å². The third-order valence-corrected chi connectivity index (χ3v) is 2.82. The Morgan fingerprint density at radius 2 is 2.17 bits per heavy atom. The summed E-state index contributed by atoms with van der Waals surface area (Å²) in [4.78, 5) is 8.30. The summed E-state index contributed by atoms with van der Waals surface area (Å²) in [5.41, 5.74) is 0.984. The van der Waals surface area contributed by atoms with E-state index in [1.165, 1.54) is 0 Å². The van der Waals surface area contributed by atoms with Crippen LogP contribution >= 0.6 is 0 Å². The van der Waals surface area contributed by atoms with E-state index in [9.17, 15) is 5.11 Å². The van der Waals surface area contributed by atoms with E-state index in [0.717, 1.165) is 11.4 Å². The molecule has 2 aromatic heterocycles. The summed E-state index contributed by atoms with van der Waals surface area (Å²) < 4.78 is 6.90. The Labute approximate surface area is 106 Å². The fourth-order valence-corrected chi connectivity index (χ4v) is 1.80. The number of aliphatic hydroxyl groups is 1.